The third-order valence-electron chi connectivity index (χ3n) is 2.88. The molecule has 0 saturated carbocycles. The fraction of sp³-hybridized carbons (Fsp3) is 0.467. The maximum Gasteiger partial charge on any atom is 0.307 e. The molecule has 1 aromatic carbocycles. The Labute approximate surface area is 118 Å². The molecule has 0 amide bonds. The average Bonchev–Trinajstić information content (AvgIpc) is 2.36. The molecule has 0 saturated heterocycles. The van der Waals surface area contributed by atoms with Gasteiger partial charge < -0.3 is 14.9 Å². The summed E-state index contributed by atoms with van der Waals surface area (Å²) in [6.07, 6.45) is 2.75. The van der Waals surface area contributed by atoms with Crippen LogP contribution in [0.5, 0.6) is 5.75 Å². The lowest BCUT2D eigenvalue weighted by atomic mass is 10.0. The van der Waals surface area contributed by atoms with Gasteiger partial charge in [0.15, 0.2) is 0 Å². The fourth-order valence-electron chi connectivity index (χ4n) is 1.90. The zero-order chi connectivity index (χ0) is 15.0. The Hall–Kier alpha value is -2.04. The van der Waals surface area contributed by atoms with Crippen LogP contribution in [0.4, 0.5) is 0 Å². The molecule has 1 rings (SSSR count). The molecule has 0 aliphatic carbocycles. The first-order chi connectivity index (χ1) is 9.52. The number of benzene rings is 1. The Morgan fingerprint density at radius 1 is 1.05 bits per heavy atom. The normalized spacial score (nSPS) is 10.2. The molecular formula is C15H20O5. The molecule has 5 nitrogen and oxygen atoms in total. The van der Waals surface area contributed by atoms with Gasteiger partial charge >= 0.3 is 11.9 Å². The Morgan fingerprint density at radius 2 is 1.70 bits per heavy atom. The van der Waals surface area contributed by atoms with Crippen LogP contribution in [0.25, 0.3) is 0 Å². The van der Waals surface area contributed by atoms with Crippen LogP contribution >= 0.6 is 0 Å². The topological polar surface area (TPSA) is 83.8 Å². The van der Waals surface area contributed by atoms with Crippen molar-refractivity contribution >= 4 is 11.9 Å². The van der Waals surface area contributed by atoms with E-state index in [0.29, 0.717) is 23.5 Å². The van der Waals surface area contributed by atoms with Gasteiger partial charge in [0.25, 0.3) is 0 Å². The molecule has 0 radical (unpaired) electrons. The van der Waals surface area contributed by atoms with Gasteiger partial charge in [-0.05, 0) is 29.7 Å². The lowest BCUT2D eigenvalue weighted by Gasteiger charge is -2.10. The van der Waals surface area contributed by atoms with Crippen LogP contribution in [-0.4, -0.2) is 28.8 Å². The van der Waals surface area contributed by atoms with E-state index in [0.717, 1.165) is 19.3 Å². The minimum absolute atomic E-state index is 0.182. The van der Waals surface area contributed by atoms with Crippen LogP contribution in [0.15, 0.2) is 18.2 Å². The zero-order valence-electron chi connectivity index (χ0n) is 11.6. The van der Waals surface area contributed by atoms with E-state index in [9.17, 15) is 9.59 Å². The molecule has 0 spiro atoms. The summed E-state index contributed by atoms with van der Waals surface area (Å²) < 4.78 is 5.55. The first-order valence-electron chi connectivity index (χ1n) is 6.71. The van der Waals surface area contributed by atoms with E-state index >= 15 is 0 Å². The number of carbonyl (C=O) groups is 2. The summed E-state index contributed by atoms with van der Waals surface area (Å²) in [5, 5.41) is 17.7. The fourth-order valence-corrected chi connectivity index (χ4v) is 1.90. The smallest absolute Gasteiger partial charge is 0.307 e. The second kappa shape index (κ2) is 8.19. The standard InChI is InChI=1S/C15H20O5/c1-2-3-4-7-20-13-6-5-11(9-14(16)17)12(8-13)10-15(18)19/h5-6,8H,2-4,7,9-10H2,1H3,(H,16,17)(H,18,19). The van der Waals surface area contributed by atoms with Crippen molar-refractivity contribution in [1.29, 1.82) is 0 Å². The van der Waals surface area contributed by atoms with Gasteiger partial charge in [0.2, 0.25) is 0 Å². The van der Waals surface area contributed by atoms with E-state index < -0.39 is 11.9 Å². The largest absolute Gasteiger partial charge is 0.494 e. The second-order valence-corrected chi connectivity index (χ2v) is 4.63. The first kappa shape index (κ1) is 16.0. The molecule has 0 heterocycles. The quantitative estimate of drug-likeness (QED) is 0.679. The number of hydrogen-bond acceptors (Lipinski definition) is 3. The van der Waals surface area contributed by atoms with Gasteiger partial charge in [0, 0.05) is 0 Å². The van der Waals surface area contributed by atoms with Gasteiger partial charge in [-0.15, -0.1) is 0 Å². The van der Waals surface area contributed by atoms with Crippen molar-refractivity contribution < 1.29 is 24.5 Å². The van der Waals surface area contributed by atoms with E-state index in [1.165, 1.54) is 0 Å². The second-order valence-electron chi connectivity index (χ2n) is 4.63. The number of hydrogen-bond donors (Lipinski definition) is 2. The molecule has 0 aliphatic heterocycles. The van der Waals surface area contributed by atoms with Crippen molar-refractivity contribution in [2.75, 3.05) is 6.61 Å². The van der Waals surface area contributed by atoms with Crippen LogP contribution in [0.3, 0.4) is 0 Å². The molecule has 5 heteroatoms. The molecule has 0 bridgehead atoms. The highest BCUT2D eigenvalue weighted by atomic mass is 16.5. The number of carboxylic acid groups (broad SMARTS) is 2. The summed E-state index contributed by atoms with van der Waals surface area (Å²) in [5.41, 5.74) is 1.01. The van der Waals surface area contributed by atoms with Gasteiger partial charge in [-0.1, -0.05) is 25.8 Å². The summed E-state index contributed by atoms with van der Waals surface area (Å²) in [6, 6.07) is 4.94. The summed E-state index contributed by atoms with van der Waals surface area (Å²) >= 11 is 0. The molecule has 110 valence electrons. The highest BCUT2D eigenvalue weighted by molar-refractivity contribution is 5.74. The molecule has 0 atom stereocenters. The minimum Gasteiger partial charge on any atom is -0.494 e. The molecule has 0 fully saturated rings. The number of aliphatic carboxylic acids is 2. The van der Waals surface area contributed by atoms with Crippen molar-refractivity contribution in [2.24, 2.45) is 0 Å². The number of unbranched alkanes of at least 4 members (excludes halogenated alkanes) is 2. The SMILES string of the molecule is CCCCCOc1ccc(CC(=O)O)c(CC(=O)O)c1. The molecule has 0 unspecified atom stereocenters. The summed E-state index contributed by atoms with van der Waals surface area (Å²) in [6.45, 7) is 2.68. The monoisotopic (exact) mass is 280 g/mol. The van der Waals surface area contributed by atoms with Crippen molar-refractivity contribution in [1.82, 2.24) is 0 Å². The predicted molar refractivity (Wildman–Crippen MR) is 74.1 cm³/mol. The van der Waals surface area contributed by atoms with Gasteiger partial charge in [-0.3, -0.25) is 9.59 Å². The van der Waals surface area contributed by atoms with Crippen LogP contribution < -0.4 is 4.74 Å². The number of rotatable bonds is 9. The molecule has 1 aromatic rings. The van der Waals surface area contributed by atoms with Crippen LogP contribution in [0.2, 0.25) is 0 Å². The van der Waals surface area contributed by atoms with E-state index in [4.69, 9.17) is 14.9 Å². The highest BCUT2D eigenvalue weighted by Gasteiger charge is 2.11. The maximum absolute atomic E-state index is 10.8. The summed E-state index contributed by atoms with van der Waals surface area (Å²) in [5.74, 6) is -1.38. The van der Waals surface area contributed by atoms with Crippen LogP contribution in [0.1, 0.15) is 37.3 Å². The average molecular weight is 280 g/mol. The molecule has 0 aliphatic rings. The number of ether oxygens (including phenoxy) is 1. The van der Waals surface area contributed by atoms with E-state index in [1.54, 1.807) is 18.2 Å². The molecular weight excluding hydrogens is 260 g/mol. The third kappa shape index (κ3) is 5.73. The van der Waals surface area contributed by atoms with Crippen molar-refractivity contribution in [3.05, 3.63) is 29.3 Å². The lowest BCUT2D eigenvalue weighted by Crippen LogP contribution is -2.08. The van der Waals surface area contributed by atoms with Crippen molar-refractivity contribution in [3.63, 3.8) is 0 Å². The third-order valence-corrected chi connectivity index (χ3v) is 2.88. The Balaban J connectivity index is 2.78. The van der Waals surface area contributed by atoms with Gasteiger partial charge in [0.05, 0.1) is 19.4 Å². The van der Waals surface area contributed by atoms with E-state index in [2.05, 4.69) is 6.92 Å². The van der Waals surface area contributed by atoms with Crippen molar-refractivity contribution in [2.45, 2.75) is 39.0 Å². The Bertz CT molecular complexity index is 467. The van der Waals surface area contributed by atoms with Gasteiger partial charge in [0.1, 0.15) is 5.75 Å². The minimum atomic E-state index is -0.986. The summed E-state index contributed by atoms with van der Waals surface area (Å²) in [4.78, 5) is 21.6. The van der Waals surface area contributed by atoms with E-state index in [1.807, 2.05) is 0 Å². The maximum atomic E-state index is 10.8. The van der Waals surface area contributed by atoms with Gasteiger partial charge in [-0.2, -0.15) is 0 Å². The van der Waals surface area contributed by atoms with E-state index in [-0.39, 0.29) is 12.8 Å². The highest BCUT2D eigenvalue weighted by Crippen LogP contribution is 2.20. The molecule has 2 N–H and O–H groups in total. The van der Waals surface area contributed by atoms with Gasteiger partial charge in [-0.25, -0.2) is 0 Å². The van der Waals surface area contributed by atoms with Crippen LogP contribution in [0, 0.1) is 0 Å². The lowest BCUT2D eigenvalue weighted by molar-refractivity contribution is -0.137. The molecule has 0 aromatic heterocycles. The first-order valence-corrected chi connectivity index (χ1v) is 6.71. The predicted octanol–water partition coefficient (Wildman–Crippen LogP) is 2.51. The Kier molecular flexibility index (Phi) is 6.56. The summed E-state index contributed by atoms with van der Waals surface area (Å²) in [7, 11) is 0. The van der Waals surface area contributed by atoms with Crippen molar-refractivity contribution in [3.8, 4) is 5.75 Å². The number of carboxylic acids is 2. The zero-order valence-corrected chi connectivity index (χ0v) is 11.6. The molecule has 20 heavy (non-hydrogen) atoms. The Morgan fingerprint density at radius 3 is 2.30 bits per heavy atom. The van der Waals surface area contributed by atoms with Crippen LogP contribution in [-0.2, 0) is 22.4 Å².